The Morgan fingerprint density at radius 1 is 1.62 bits per heavy atom. The van der Waals surface area contributed by atoms with Crippen molar-refractivity contribution in [3.63, 3.8) is 0 Å². The molecule has 0 spiro atoms. The highest BCUT2D eigenvalue weighted by Crippen LogP contribution is 2.16. The van der Waals surface area contributed by atoms with E-state index < -0.39 is 5.97 Å². The van der Waals surface area contributed by atoms with Gasteiger partial charge in [-0.05, 0) is 26.0 Å². The Morgan fingerprint density at radius 2 is 2.31 bits per heavy atom. The Balaban J connectivity index is 3.10. The third kappa shape index (κ3) is 2.18. The third-order valence-electron chi connectivity index (χ3n) is 1.50. The van der Waals surface area contributed by atoms with Crippen molar-refractivity contribution in [1.29, 1.82) is 0 Å². The average molecular weight is 181 g/mol. The first-order valence-corrected chi connectivity index (χ1v) is 3.99. The lowest BCUT2D eigenvalue weighted by molar-refractivity contribution is 0.0685. The molecule has 0 aliphatic heterocycles. The molecule has 0 aliphatic rings. The molecule has 0 aliphatic carbocycles. The zero-order valence-corrected chi connectivity index (χ0v) is 7.57. The molecule has 0 saturated carbocycles. The molecule has 0 fully saturated rings. The van der Waals surface area contributed by atoms with Crippen LogP contribution in [0, 0.1) is 6.92 Å². The van der Waals surface area contributed by atoms with Gasteiger partial charge in [-0.2, -0.15) is 0 Å². The minimum atomic E-state index is -1.06. The van der Waals surface area contributed by atoms with Gasteiger partial charge in [-0.15, -0.1) is 0 Å². The summed E-state index contributed by atoms with van der Waals surface area (Å²) < 4.78 is 5.11. The summed E-state index contributed by atoms with van der Waals surface area (Å²) in [6.45, 7) is 3.97. The lowest BCUT2D eigenvalue weighted by Crippen LogP contribution is -2.06. The zero-order valence-electron chi connectivity index (χ0n) is 7.57. The smallest absolute Gasteiger partial charge is 0.358 e. The summed E-state index contributed by atoms with van der Waals surface area (Å²) in [7, 11) is 0. The Kier molecular flexibility index (Phi) is 2.84. The quantitative estimate of drug-likeness (QED) is 0.767. The Hall–Kier alpha value is -1.58. The van der Waals surface area contributed by atoms with Crippen LogP contribution in [0.3, 0.4) is 0 Å². The molecule has 0 aromatic carbocycles. The van der Waals surface area contributed by atoms with E-state index in [4.69, 9.17) is 9.84 Å². The maximum Gasteiger partial charge on any atom is 0.358 e. The predicted molar refractivity (Wildman–Crippen MR) is 47.1 cm³/mol. The first kappa shape index (κ1) is 9.51. The molecule has 0 unspecified atom stereocenters. The fourth-order valence-corrected chi connectivity index (χ4v) is 0.969. The number of carboxylic acid groups (broad SMARTS) is 1. The molecule has 1 heterocycles. The maximum atomic E-state index is 10.7. The maximum absolute atomic E-state index is 10.7. The van der Waals surface area contributed by atoms with Gasteiger partial charge in [0.15, 0.2) is 11.4 Å². The average Bonchev–Trinajstić information content (AvgIpc) is 2.08. The van der Waals surface area contributed by atoms with Crippen molar-refractivity contribution in [2.24, 2.45) is 0 Å². The number of ether oxygens (including phenoxy) is 1. The highest BCUT2D eigenvalue weighted by atomic mass is 16.5. The van der Waals surface area contributed by atoms with Gasteiger partial charge in [0.2, 0.25) is 0 Å². The summed E-state index contributed by atoms with van der Waals surface area (Å²) >= 11 is 0. The third-order valence-corrected chi connectivity index (χ3v) is 1.50. The van der Waals surface area contributed by atoms with Crippen molar-refractivity contribution in [2.45, 2.75) is 13.8 Å². The summed E-state index contributed by atoms with van der Waals surface area (Å²) in [5.41, 5.74) is 0.641. The molecule has 0 atom stereocenters. The number of carbonyl (C=O) groups is 1. The van der Waals surface area contributed by atoms with Crippen LogP contribution >= 0.6 is 0 Å². The lowest BCUT2D eigenvalue weighted by Gasteiger charge is -2.05. The van der Waals surface area contributed by atoms with Crippen LogP contribution in [0.25, 0.3) is 0 Å². The number of hydrogen-bond donors (Lipinski definition) is 1. The molecule has 0 radical (unpaired) electrons. The highest BCUT2D eigenvalue weighted by molar-refractivity contribution is 5.88. The Bertz CT molecular complexity index is 323. The molecule has 1 aromatic rings. The van der Waals surface area contributed by atoms with E-state index in [9.17, 15) is 4.79 Å². The van der Waals surface area contributed by atoms with Crippen molar-refractivity contribution in [2.75, 3.05) is 6.61 Å². The molecule has 0 amide bonds. The van der Waals surface area contributed by atoms with Gasteiger partial charge in [-0.25, -0.2) is 9.78 Å². The van der Waals surface area contributed by atoms with Crippen molar-refractivity contribution in [1.82, 2.24) is 4.98 Å². The standard InChI is InChI=1S/C9H11NO3/c1-3-13-7-5-4-6(2)10-8(7)9(11)12/h4-5H,3H2,1-2H3,(H,11,12). The second-order valence-electron chi connectivity index (χ2n) is 2.54. The molecular formula is C9H11NO3. The molecule has 0 bridgehead atoms. The van der Waals surface area contributed by atoms with Crippen molar-refractivity contribution in [3.05, 3.63) is 23.5 Å². The lowest BCUT2D eigenvalue weighted by atomic mass is 10.3. The van der Waals surface area contributed by atoms with E-state index in [-0.39, 0.29) is 5.69 Å². The Morgan fingerprint density at radius 3 is 2.85 bits per heavy atom. The van der Waals surface area contributed by atoms with Crippen LogP contribution in [-0.2, 0) is 0 Å². The number of carboxylic acids is 1. The second kappa shape index (κ2) is 3.89. The minimum absolute atomic E-state index is 0.0261. The normalized spacial score (nSPS) is 9.69. The second-order valence-corrected chi connectivity index (χ2v) is 2.54. The van der Waals surface area contributed by atoms with E-state index in [2.05, 4.69) is 4.98 Å². The number of rotatable bonds is 3. The topological polar surface area (TPSA) is 59.4 Å². The van der Waals surface area contributed by atoms with Crippen molar-refractivity contribution in [3.8, 4) is 5.75 Å². The largest absolute Gasteiger partial charge is 0.491 e. The molecule has 4 heteroatoms. The van der Waals surface area contributed by atoms with Crippen molar-refractivity contribution < 1.29 is 14.6 Å². The van der Waals surface area contributed by atoms with Crippen LogP contribution in [0.5, 0.6) is 5.75 Å². The summed E-state index contributed by atoms with van der Waals surface area (Å²) in [4.78, 5) is 14.6. The predicted octanol–water partition coefficient (Wildman–Crippen LogP) is 1.49. The molecule has 1 aromatic heterocycles. The number of aryl methyl sites for hydroxylation is 1. The molecule has 1 N–H and O–H groups in total. The van der Waals surface area contributed by atoms with Gasteiger partial charge in [0.25, 0.3) is 0 Å². The van der Waals surface area contributed by atoms with Crippen LogP contribution < -0.4 is 4.74 Å². The van der Waals surface area contributed by atoms with Crippen LogP contribution in [0.15, 0.2) is 12.1 Å². The van der Waals surface area contributed by atoms with Gasteiger partial charge in [0.05, 0.1) is 6.61 Å². The molecule has 13 heavy (non-hydrogen) atoms. The minimum Gasteiger partial charge on any atom is -0.491 e. The van der Waals surface area contributed by atoms with E-state index >= 15 is 0 Å². The van der Waals surface area contributed by atoms with Crippen molar-refractivity contribution >= 4 is 5.97 Å². The van der Waals surface area contributed by atoms with E-state index in [1.807, 2.05) is 0 Å². The summed E-state index contributed by atoms with van der Waals surface area (Å²) in [5, 5.41) is 8.77. The highest BCUT2D eigenvalue weighted by Gasteiger charge is 2.12. The zero-order chi connectivity index (χ0) is 9.84. The SMILES string of the molecule is CCOc1ccc(C)nc1C(=O)O. The van der Waals surface area contributed by atoms with E-state index in [0.717, 1.165) is 0 Å². The molecule has 4 nitrogen and oxygen atoms in total. The number of nitrogens with zero attached hydrogens (tertiary/aromatic N) is 1. The van der Waals surface area contributed by atoms with Gasteiger partial charge < -0.3 is 9.84 Å². The van der Waals surface area contributed by atoms with E-state index in [0.29, 0.717) is 18.1 Å². The van der Waals surface area contributed by atoms with E-state index in [1.54, 1.807) is 26.0 Å². The fourth-order valence-electron chi connectivity index (χ4n) is 0.969. The van der Waals surface area contributed by atoms with Gasteiger partial charge in [0.1, 0.15) is 0 Å². The summed E-state index contributed by atoms with van der Waals surface area (Å²) in [6, 6.07) is 3.34. The van der Waals surface area contributed by atoms with E-state index in [1.165, 1.54) is 0 Å². The number of aromatic nitrogens is 1. The van der Waals surface area contributed by atoms with Crippen LogP contribution in [0.1, 0.15) is 23.1 Å². The van der Waals surface area contributed by atoms with Gasteiger partial charge in [-0.3, -0.25) is 0 Å². The monoisotopic (exact) mass is 181 g/mol. The Labute approximate surface area is 76.2 Å². The van der Waals surface area contributed by atoms with Gasteiger partial charge in [0, 0.05) is 5.69 Å². The number of aromatic carboxylic acids is 1. The van der Waals surface area contributed by atoms with Crippen LogP contribution in [-0.4, -0.2) is 22.7 Å². The molecule has 70 valence electrons. The number of pyridine rings is 1. The van der Waals surface area contributed by atoms with Crippen LogP contribution in [0.4, 0.5) is 0 Å². The van der Waals surface area contributed by atoms with Crippen LogP contribution in [0.2, 0.25) is 0 Å². The number of hydrogen-bond acceptors (Lipinski definition) is 3. The molecular weight excluding hydrogens is 170 g/mol. The molecule has 1 rings (SSSR count). The van der Waals surface area contributed by atoms with Gasteiger partial charge in [-0.1, -0.05) is 0 Å². The van der Waals surface area contributed by atoms with Gasteiger partial charge >= 0.3 is 5.97 Å². The first-order valence-electron chi connectivity index (χ1n) is 3.99. The fraction of sp³-hybridized carbons (Fsp3) is 0.333. The first-order chi connectivity index (χ1) is 6.15. The molecule has 0 saturated heterocycles. The summed E-state index contributed by atoms with van der Waals surface area (Å²) in [6.07, 6.45) is 0. The summed E-state index contributed by atoms with van der Waals surface area (Å²) in [5.74, 6) is -0.743.